The molecule has 0 spiro atoms. The van der Waals surface area contributed by atoms with E-state index < -0.39 is 0 Å². The number of hydrogen-bond acceptors (Lipinski definition) is 3. The van der Waals surface area contributed by atoms with E-state index in [1.165, 1.54) is 84.5 Å². The van der Waals surface area contributed by atoms with Crippen LogP contribution in [-0.4, -0.2) is 62.2 Å². The highest BCUT2D eigenvalue weighted by molar-refractivity contribution is 4.71. The molecular weight excluding hydrogens is 246 g/mol. The minimum atomic E-state index is 0.779. The minimum Gasteiger partial charge on any atom is -0.316 e. The number of nitrogens with one attached hydrogen (secondary N) is 1. The molecule has 0 aromatic carbocycles. The number of piperazine rings is 1. The van der Waals surface area contributed by atoms with Crippen LogP contribution in [0.2, 0.25) is 0 Å². The van der Waals surface area contributed by atoms with E-state index in [1.807, 2.05) is 0 Å². The summed E-state index contributed by atoms with van der Waals surface area (Å²) in [5, 5.41) is 3.53. The van der Waals surface area contributed by atoms with Crippen LogP contribution in [0.5, 0.6) is 0 Å². The van der Waals surface area contributed by atoms with Crippen LogP contribution < -0.4 is 5.32 Å². The van der Waals surface area contributed by atoms with Gasteiger partial charge in [-0.05, 0) is 51.4 Å². The fourth-order valence-electron chi connectivity index (χ4n) is 2.88. The van der Waals surface area contributed by atoms with Crippen molar-refractivity contribution in [3.8, 4) is 0 Å². The summed E-state index contributed by atoms with van der Waals surface area (Å²) in [6, 6.07) is 0. The summed E-state index contributed by atoms with van der Waals surface area (Å²) >= 11 is 0. The highest BCUT2D eigenvalue weighted by Gasteiger charge is 2.14. The van der Waals surface area contributed by atoms with Gasteiger partial charge >= 0.3 is 0 Å². The van der Waals surface area contributed by atoms with Gasteiger partial charge in [-0.25, -0.2) is 0 Å². The normalized spacial score (nSPS) is 18.0. The summed E-state index contributed by atoms with van der Waals surface area (Å²) in [6.45, 7) is 16.9. The Morgan fingerprint density at radius 3 is 2.05 bits per heavy atom. The molecule has 1 aliphatic rings. The molecule has 1 heterocycles. The maximum absolute atomic E-state index is 3.53. The zero-order valence-electron chi connectivity index (χ0n) is 14.2. The lowest BCUT2D eigenvalue weighted by atomic mass is 10.1. The van der Waals surface area contributed by atoms with Gasteiger partial charge in [0, 0.05) is 26.2 Å². The predicted octanol–water partition coefficient (Wildman–Crippen LogP) is 2.82. The molecule has 0 aromatic heterocycles. The summed E-state index contributed by atoms with van der Waals surface area (Å²) in [5.74, 6) is 0.779. The summed E-state index contributed by atoms with van der Waals surface area (Å²) in [7, 11) is 0. The fourth-order valence-corrected chi connectivity index (χ4v) is 2.88. The molecule has 0 amide bonds. The van der Waals surface area contributed by atoms with Crippen LogP contribution in [0, 0.1) is 5.92 Å². The first kappa shape index (κ1) is 17.9. The molecule has 1 aliphatic heterocycles. The Morgan fingerprint density at radius 1 is 0.850 bits per heavy atom. The van der Waals surface area contributed by atoms with Crippen molar-refractivity contribution >= 4 is 0 Å². The number of hydrogen-bond donors (Lipinski definition) is 1. The molecule has 1 rings (SSSR count). The zero-order valence-corrected chi connectivity index (χ0v) is 14.2. The van der Waals surface area contributed by atoms with E-state index in [-0.39, 0.29) is 0 Å². The van der Waals surface area contributed by atoms with Gasteiger partial charge in [0.15, 0.2) is 0 Å². The van der Waals surface area contributed by atoms with E-state index in [1.54, 1.807) is 0 Å². The van der Waals surface area contributed by atoms with Crippen molar-refractivity contribution in [2.75, 3.05) is 52.4 Å². The standard InChI is InChI=1S/C17H37N3/c1-4-10-19-12-14-20(15-13-19)11-8-6-5-7-9-18-16-17(2)3/h17-18H,4-16H2,1-3H3. The first-order valence-corrected chi connectivity index (χ1v) is 8.87. The molecule has 0 radical (unpaired) electrons. The Hall–Kier alpha value is -0.120. The summed E-state index contributed by atoms with van der Waals surface area (Å²) in [5.41, 5.74) is 0. The zero-order chi connectivity index (χ0) is 14.6. The Balaban J connectivity index is 1.85. The van der Waals surface area contributed by atoms with Gasteiger partial charge in [-0.3, -0.25) is 0 Å². The smallest absolute Gasteiger partial charge is 0.0110 e. The highest BCUT2D eigenvalue weighted by Crippen LogP contribution is 2.06. The first-order valence-electron chi connectivity index (χ1n) is 8.87. The van der Waals surface area contributed by atoms with Gasteiger partial charge < -0.3 is 15.1 Å². The van der Waals surface area contributed by atoms with Gasteiger partial charge in [0.1, 0.15) is 0 Å². The monoisotopic (exact) mass is 283 g/mol. The van der Waals surface area contributed by atoms with Gasteiger partial charge in [0.25, 0.3) is 0 Å². The molecule has 1 fully saturated rings. The van der Waals surface area contributed by atoms with Crippen molar-refractivity contribution in [3.63, 3.8) is 0 Å². The maximum atomic E-state index is 3.53. The lowest BCUT2D eigenvalue weighted by molar-refractivity contribution is 0.131. The van der Waals surface area contributed by atoms with Crippen LogP contribution in [0.25, 0.3) is 0 Å². The molecule has 0 saturated carbocycles. The van der Waals surface area contributed by atoms with Gasteiger partial charge in [-0.15, -0.1) is 0 Å². The number of rotatable bonds is 11. The Kier molecular flexibility index (Phi) is 10.3. The third-order valence-corrected chi connectivity index (χ3v) is 4.14. The molecular formula is C17H37N3. The van der Waals surface area contributed by atoms with Crippen LogP contribution in [0.15, 0.2) is 0 Å². The SMILES string of the molecule is CCCN1CCN(CCCCCCNCC(C)C)CC1. The van der Waals surface area contributed by atoms with E-state index in [0.717, 1.165) is 5.92 Å². The van der Waals surface area contributed by atoms with Crippen LogP contribution in [-0.2, 0) is 0 Å². The van der Waals surface area contributed by atoms with Crippen molar-refractivity contribution in [1.29, 1.82) is 0 Å². The van der Waals surface area contributed by atoms with Crippen LogP contribution >= 0.6 is 0 Å². The number of nitrogens with zero attached hydrogens (tertiary/aromatic N) is 2. The average Bonchev–Trinajstić information content (AvgIpc) is 2.43. The Labute approximate surface area is 127 Å². The molecule has 20 heavy (non-hydrogen) atoms. The molecule has 120 valence electrons. The Morgan fingerprint density at radius 2 is 1.45 bits per heavy atom. The van der Waals surface area contributed by atoms with Crippen LogP contribution in [0.3, 0.4) is 0 Å². The first-order chi connectivity index (χ1) is 9.72. The molecule has 0 atom stereocenters. The second-order valence-electron chi connectivity index (χ2n) is 6.70. The third-order valence-electron chi connectivity index (χ3n) is 4.14. The Bertz CT molecular complexity index is 210. The molecule has 0 aromatic rings. The maximum Gasteiger partial charge on any atom is 0.0110 e. The minimum absolute atomic E-state index is 0.779. The summed E-state index contributed by atoms with van der Waals surface area (Å²) in [4.78, 5) is 5.26. The summed E-state index contributed by atoms with van der Waals surface area (Å²) in [6.07, 6.45) is 6.82. The highest BCUT2D eigenvalue weighted by atomic mass is 15.3. The second kappa shape index (κ2) is 11.5. The largest absolute Gasteiger partial charge is 0.316 e. The van der Waals surface area contributed by atoms with Gasteiger partial charge in [-0.2, -0.15) is 0 Å². The second-order valence-corrected chi connectivity index (χ2v) is 6.70. The van der Waals surface area contributed by atoms with Gasteiger partial charge in [0.2, 0.25) is 0 Å². The molecule has 0 bridgehead atoms. The van der Waals surface area contributed by atoms with Gasteiger partial charge in [-0.1, -0.05) is 33.6 Å². The van der Waals surface area contributed by atoms with Gasteiger partial charge in [0.05, 0.1) is 0 Å². The molecule has 0 unspecified atom stereocenters. The van der Waals surface area contributed by atoms with Crippen LogP contribution in [0.1, 0.15) is 52.9 Å². The van der Waals surface area contributed by atoms with E-state index in [9.17, 15) is 0 Å². The third kappa shape index (κ3) is 8.93. The topological polar surface area (TPSA) is 18.5 Å². The van der Waals surface area contributed by atoms with Crippen molar-refractivity contribution in [2.45, 2.75) is 52.9 Å². The average molecular weight is 284 g/mol. The van der Waals surface area contributed by atoms with E-state index in [4.69, 9.17) is 0 Å². The molecule has 3 heteroatoms. The van der Waals surface area contributed by atoms with Crippen molar-refractivity contribution in [2.24, 2.45) is 5.92 Å². The summed E-state index contributed by atoms with van der Waals surface area (Å²) < 4.78 is 0. The van der Waals surface area contributed by atoms with Crippen molar-refractivity contribution in [3.05, 3.63) is 0 Å². The molecule has 0 aliphatic carbocycles. The quantitative estimate of drug-likeness (QED) is 0.588. The lowest BCUT2D eigenvalue weighted by Crippen LogP contribution is -2.46. The van der Waals surface area contributed by atoms with E-state index in [2.05, 4.69) is 35.9 Å². The predicted molar refractivity (Wildman–Crippen MR) is 89.3 cm³/mol. The number of unbranched alkanes of at least 4 members (excludes halogenated alkanes) is 3. The molecule has 3 nitrogen and oxygen atoms in total. The van der Waals surface area contributed by atoms with E-state index in [0.29, 0.717) is 0 Å². The van der Waals surface area contributed by atoms with E-state index >= 15 is 0 Å². The lowest BCUT2D eigenvalue weighted by Gasteiger charge is -2.34. The molecule has 1 N–H and O–H groups in total. The van der Waals surface area contributed by atoms with Crippen molar-refractivity contribution < 1.29 is 0 Å². The van der Waals surface area contributed by atoms with Crippen molar-refractivity contribution in [1.82, 2.24) is 15.1 Å². The molecule has 1 saturated heterocycles. The van der Waals surface area contributed by atoms with Crippen LogP contribution in [0.4, 0.5) is 0 Å². The fraction of sp³-hybridized carbons (Fsp3) is 1.00.